The summed E-state index contributed by atoms with van der Waals surface area (Å²) in [7, 11) is -0.985. The van der Waals surface area contributed by atoms with Gasteiger partial charge in [-0.1, -0.05) is 48.9 Å². The van der Waals surface area contributed by atoms with E-state index in [0.717, 1.165) is 17.5 Å². The summed E-state index contributed by atoms with van der Waals surface area (Å²) >= 11 is 6.12. The molecule has 0 bridgehead atoms. The number of anilines is 1. The molecule has 1 N–H and O–H groups in total. The smallest absolute Gasteiger partial charge is 0.231 e. The molecular weight excluding hydrogens is 330 g/mol. The van der Waals surface area contributed by atoms with Gasteiger partial charge in [0.15, 0.2) is 0 Å². The summed E-state index contributed by atoms with van der Waals surface area (Å²) in [6.07, 6.45) is 2.35. The molecular formula is C18H20ClNO2S. The van der Waals surface area contributed by atoms with Crippen molar-refractivity contribution in [3.05, 3.63) is 64.7 Å². The van der Waals surface area contributed by atoms with Crippen LogP contribution in [0.15, 0.2) is 48.5 Å². The molecule has 23 heavy (non-hydrogen) atoms. The summed E-state index contributed by atoms with van der Waals surface area (Å²) in [5.41, 5.74) is 2.45. The monoisotopic (exact) mass is 349 g/mol. The minimum atomic E-state index is -0.985. The number of amides is 1. The third kappa shape index (κ3) is 4.91. The molecule has 1 amide bonds. The molecule has 2 rings (SSSR count). The SMILES string of the molecule is CC[C@H](C(=O)Nc1ccc(Cl)c(C[S@](C)=O)c1)c1ccccc1. The van der Waals surface area contributed by atoms with E-state index in [4.69, 9.17) is 11.6 Å². The normalized spacial score (nSPS) is 13.3. The van der Waals surface area contributed by atoms with Crippen LogP contribution in [-0.4, -0.2) is 16.4 Å². The molecule has 0 aliphatic carbocycles. The van der Waals surface area contributed by atoms with Crippen molar-refractivity contribution in [2.75, 3.05) is 11.6 Å². The van der Waals surface area contributed by atoms with E-state index in [2.05, 4.69) is 5.32 Å². The molecule has 0 unspecified atom stereocenters. The van der Waals surface area contributed by atoms with Crippen molar-refractivity contribution in [1.82, 2.24) is 0 Å². The first-order valence-electron chi connectivity index (χ1n) is 7.45. The minimum Gasteiger partial charge on any atom is -0.326 e. The average Bonchev–Trinajstić information content (AvgIpc) is 2.52. The van der Waals surface area contributed by atoms with Crippen LogP contribution in [0.4, 0.5) is 5.69 Å². The molecule has 0 aromatic heterocycles. The Bertz CT molecular complexity index is 703. The van der Waals surface area contributed by atoms with Crippen LogP contribution in [0.1, 0.15) is 30.4 Å². The highest BCUT2D eigenvalue weighted by Gasteiger charge is 2.18. The van der Waals surface area contributed by atoms with Crippen LogP contribution < -0.4 is 5.32 Å². The minimum absolute atomic E-state index is 0.0513. The van der Waals surface area contributed by atoms with E-state index in [-0.39, 0.29) is 11.8 Å². The van der Waals surface area contributed by atoms with Gasteiger partial charge < -0.3 is 5.32 Å². The van der Waals surface area contributed by atoms with Crippen LogP contribution in [0.3, 0.4) is 0 Å². The summed E-state index contributed by atoms with van der Waals surface area (Å²) in [4.78, 5) is 12.6. The summed E-state index contributed by atoms with van der Waals surface area (Å²) in [5.74, 6) is 0.124. The Hall–Kier alpha value is -1.65. The van der Waals surface area contributed by atoms with E-state index >= 15 is 0 Å². The van der Waals surface area contributed by atoms with Crippen LogP contribution in [-0.2, 0) is 21.3 Å². The van der Waals surface area contributed by atoms with Crippen molar-refractivity contribution in [1.29, 1.82) is 0 Å². The van der Waals surface area contributed by atoms with Gasteiger partial charge in [-0.25, -0.2) is 0 Å². The summed E-state index contributed by atoms with van der Waals surface area (Å²) < 4.78 is 11.4. The fourth-order valence-corrected chi connectivity index (χ4v) is 3.41. The third-order valence-corrected chi connectivity index (χ3v) is 4.68. The number of hydrogen-bond donors (Lipinski definition) is 1. The van der Waals surface area contributed by atoms with Crippen LogP contribution >= 0.6 is 11.6 Å². The van der Waals surface area contributed by atoms with Gasteiger partial charge in [0.25, 0.3) is 0 Å². The lowest BCUT2D eigenvalue weighted by molar-refractivity contribution is -0.117. The Labute approximate surface area is 144 Å². The topological polar surface area (TPSA) is 46.2 Å². The second kappa shape index (κ2) is 8.27. The lowest BCUT2D eigenvalue weighted by Gasteiger charge is -2.16. The predicted octanol–water partition coefficient (Wildman–Crippen LogP) is 4.35. The van der Waals surface area contributed by atoms with Crippen LogP contribution in [0.25, 0.3) is 0 Å². The van der Waals surface area contributed by atoms with Gasteiger partial charge in [0.05, 0.1) is 5.92 Å². The predicted molar refractivity (Wildman–Crippen MR) is 97.3 cm³/mol. The Kier molecular flexibility index (Phi) is 6.37. The third-order valence-electron chi connectivity index (χ3n) is 3.60. The molecule has 0 radical (unpaired) electrons. The van der Waals surface area contributed by atoms with E-state index in [9.17, 15) is 9.00 Å². The van der Waals surface area contributed by atoms with Gasteiger partial charge in [0.2, 0.25) is 5.91 Å². The maximum Gasteiger partial charge on any atom is 0.231 e. The van der Waals surface area contributed by atoms with Crippen molar-refractivity contribution in [3.8, 4) is 0 Å². The van der Waals surface area contributed by atoms with E-state index < -0.39 is 10.8 Å². The molecule has 5 heteroatoms. The number of carbonyl (C=O) groups excluding carboxylic acids is 1. The second-order valence-corrected chi connectivity index (χ2v) is 7.23. The number of nitrogens with one attached hydrogen (secondary N) is 1. The number of benzene rings is 2. The van der Waals surface area contributed by atoms with Crippen molar-refractivity contribution in [2.24, 2.45) is 0 Å². The molecule has 0 saturated carbocycles. The summed E-state index contributed by atoms with van der Waals surface area (Å²) in [5, 5.41) is 3.50. The Morgan fingerprint density at radius 2 is 1.91 bits per heavy atom. The van der Waals surface area contributed by atoms with Crippen molar-refractivity contribution in [2.45, 2.75) is 25.0 Å². The molecule has 3 nitrogen and oxygen atoms in total. The largest absolute Gasteiger partial charge is 0.326 e. The standard InChI is InChI=1S/C18H20ClNO2S/c1-3-16(13-7-5-4-6-8-13)18(21)20-15-9-10-17(19)14(11-15)12-23(2)22/h4-11,16H,3,12H2,1-2H3,(H,20,21)/t16-,23-/m0/s1. The first-order valence-corrected chi connectivity index (χ1v) is 9.56. The van der Waals surface area contributed by atoms with Crippen LogP contribution in [0.5, 0.6) is 0 Å². The van der Waals surface area contributed by atoms with Crippen LogP contribution in [0.2, 0.25) is 5.02 Å². The number of rotatable bonds is 6. The average molecular weight is 350 g/mol. The quantitative estimate of drug-likeness (QED) is 0.842. The van der Waals surface area contributed by atoms with E-state index in [1.807, 2.05) is 37.3 Å². The van der Waals surface area contributed by atoms with Crippen molar-refractivity contribution in [3.63, 3.8) is 0 Å². The molecule has 2 aromatic rings. The van der Waals surface area contributed by atoms with Crippen molar-refractivity contribution < 1.29 is 9.00 Å². The van der Waals surface area contributed by atoms with Gasteiger partial charge in [-0.2, -0.15) is 0 Å². The highest BCUT2D eigenvalue weighted by Crippen LogP contribution is 2.25. The maximum absolute atomic E-state index is 12.6. The Balaban J connectivity index is 2.17. The fraction of sp³-hybridized carbons (Fsp3) is 0.278. The summed E-state index contributed by atoms with van der Waals surface area (Å²) in [6, 6.07) is 15.0. The number of carbonyl (C=O) groups is 1. The lowest BCUT2D eigenvalue weighted by atomic mass is 9.95. The van der Waals surface area contributed by atoms with E-state index in [0.29, 0.717) is 16.5 Å². The number of halogens is 1. The Morgan fingerprint density at radius 3 is 2.52 bits per heavy atom. The first kappa shape index (κ1) is 17.7. The van der Waals surface area contributed by atoms with Gasteiger partial charge in [-0.15, -0.1) is 0 Å². The molecule has 0 aliphatic rings. The first-order chi connectivity index (χ1) is 11.0. The lowest BCUT2D eigenvalue weighted by Crippen LogP contribution is -2.20. The van der Waals surface area contributed by atoms with Crippen molar-refractivity contribution >= 4 is 34.0 Å². The molecule has 0 heterocycles. The second-order valence-electron chi connectivity index (χ2n) is 5.38. The van der Waals surface area contributed by atoms with E-state index in [1.165, 1.54) is 0 Å². The highest BCUT2D eigenvalue weighted by molar-refractivity contribution is 7.83. The van der Waals surface area contributed by atoms with Gasteiger partial charge in [-0.05, 0) is 35.7 Å². The maximum atomic E-state index is 12.6. The highest BCUT2D eigenvalue weighted by atomic mass is 35.5. The zero-order valence-corrected chi connectivity index (χ0v) is 14.8. The zero-order valence-electron chi connectivity index (χ0n) is 13.2. The molecule has 2 atom stereocenters. The molecule has 0 saturated heterocycles. The van der Waals surface area contributed by atoms with Crippen LogP contribution in [0, 0.1) is 0 Å². The van der Waals surface area contributed by atoms with Gasteiger partial charge in [0, 0.05) is 33.5 Å². The molecule has 122 valence electrons. The van der Waals surface area contributed by atoms with Gasteiger partial charge in [-0.3, -0.25) is 9.00 Å². The van der Waals surface area contributed by atoms with E-state index in [1.54, 1.807) is 24.5 Å². The number of hydrogen-bond acceptors (Lipinski definition) is 2. The molecule has 0 spiro atoms. The Morgan fingerprint density at radius 1 is 1.22 bits per heavy atom. The van der Waals surface area contributed by atoms with Gasteiger partial charge >= 0.3 is 0 Å². The molecule has 2 aromatic carbocycles. The van der Waals surface area contributed by atoms with Gasteiger partial charge in [0.1, 0.15) is 0 Å². The molecule has 0 fully saturated rings. The fourth-order valence-electron chi connectivity index (χ4n) is 2.47. The zero-order chi connectivity index (χ0) is 16.8. The summed E-state index contributed by atoms with van der Waals surface area (Å²) in [6.45, 7) is 1.99. The molecule has 0 aliphatic heterocycles.